The van der Waals surface area contributed by atoms with Crippen molar-refractivity contribution in [2.75, 3.05) is 6.61 Å². The third-order valence-corrected chi connectivity index (χ3v) is 4.82. The van der Waals surface area contributed by atoms with E-state index in [-0.39, 0.29) is 17.9 Å². The van der Waals surface area contributed by atoms with Gasteiger partial charge in [-0.15, -0.1) is 0 Å². The summed E-state index contributed by atoms with van der Waals surface area (Å²) in [4.78, 5) is 36.8. The summed E-state index contributed by atoms with van der Waals surface area (Å²) in [6.45, 7) is -0.285. The van der Waals surface area contributed by atoms with Crippen molar-refractivity contribution in [3.63, 3.8) is 0 Å². The van der Waals surface area contributed by atoms with Crippen LogP contribution < -0.4 is 21.1 Å². The number of benzene rings is 3. The maximum absolute atomic E-state index is 12.5. The van der Waals surface area contributed by atoms with Crippen molar-refractivity contribution in [3.05, 3.63) is 94.9 Å². The highest BCUT2D eigenvalue weighted by Gasteiger charge is 2.16. The van der Waals surface area contributed by atoms with Crippen molar-refractivity contribution in [2.45, 2.75) is 0 Å². The number of aromatic nitrogens is 2. The van der Waals surface area contributed by atoms with E-state index in [0.717, 1.165) is 15.8 Å². The fourth-order valence-corrected chi connectivity index (χ4v) is 3.21. The summed E-state index contributed by atoms with van der Waals surface area (Å²) < 4.78 is 6.56. The van der Waals surface area contributed by atoms with Gasteiger partial charge >= 0.3 is 0 Å². The van der Waals surface area contributed by atoms with Crippen LogP contribution in [0.1, 0.15) is 10.5 Å². The SMILES string of the molecule is Cn1nc(C(=O)NNC(=O)COc2ccc(-c3ccccc3)cc2)c2ccccc2c1=O. The second-order valence-corrected chi connectivity index (χ2v) is 7.00. The number of amides is 2. The molecule has 0 fully saturated rings. The summed E-state index contributed by atoms with van der Waals surface area (Å²) >= 11 is 0. The molecule has 8 heteroatoms. The highest BCUT2D eigenvalue weighted by atomic mass is 16.5. The predicted octanol–water partition coefficient (Wildman–Crippen LogP) is 2.44. The number of aryl methyl sites for hydroxylation is 1. The Labute approximate surface area is 183 Å². The van der Waals surface area contributed by atoms with Gasteiger partial charge in [0, 0.05) is 12.4 Å². The van der Waals surface area contributed by atoms with Crippen LogP contribution in [0.5, 0.6) is 5.75 Å². The summed E-state index contributed by atoms with van der Waals surface area (Å²) in [5, 5.41) is 4.78. The molecule has 3 aromatic carbocycles. The zero-order valence-electron chi connectivity index (χ0n) is 17.2. The van der Waals surface area contributed by atoms with E-state index >= 15 is 0 Å². The Morgan fingerprint density at radius 2 is 1.47 bits per heavy atom. The van der Waals surface area contributed by atoms with Gasteiger partial charge in [-0.3, -0.25) is 25.2 Å². The molecule has 4 rings (SSSR count). The number of nitrogens with one attached hydrogen (secondary N) is 2. The zero-order chi connectivity index (χ0) is 22.5. The molecule has 4 aromatic rings. The van der Waals surface area contributed by atoms with Crippen LogP contribution >= 0.6 is 0 Å². The van der Waals surface area contributed by atoms with Crippen LogP contribution in [0.25, 0.3) is 21.9 Å². The van der Waals surface area contributed by atoms with E-state index in [0.29, 0.717) is 16.5 Å². The van der Waals surface area contributed by atoms with Gasteiger partial charge in [-0.1, -0.05) is 60.7 Å². The van der Waals surface area contributed by atoms with Gasteiger partial charge in [0.1, 0.15) is 5.75 Å². The van der Waals surface area contributed by atoms with Crippen molar-refractivity contribution in [1.29, 1.82) is 0 Å². The van der Waals surface area contributed by atoms with Crippen molar-refractivity contribution >= 4 is 22.6 Å². The van der Waals surface area contributed by atoms with E-state index in [4.69, 9.17) is 4.74 Å². The number of nitrogens with zero attached hydrogens (tertiary/aromatic N) is 2. The van der Waals surface area contributed by atoms with E-state index in [9.17, 15) is 14.4 Å². The second-order valence-electron chi connectivity index (χ2n) is 7.00. The Balaban J connectivity index is 1.35. The molecule has 0 spiro atoms. The Morgan fingerprint density at radius 3 is 2.19 bits per heavy atom. The van der Waals surface area contributed by atoms with Gasteiger partial charge in [-0.25, -0.2) is 4.68 Å². The molecule has 0 radical (unpaired) electrons. The summed E-state index contributed by atoms with van der Waals surface area (Å²) in [6, 6.07) is 23.9. The number of fused-ring (bicyclic) bond motifs is 1. The molecule has 0 atom stereocenters. The highest BCUT2D eigenvalue weighted by molar-refractivity contribution is 6.05. The third kappa shape index (κ3) is 4.49. The molecule has 8 nitrogen and oxygen atoms in total. The molecule has 0 aliphatic rings. The highest BCUT2D eigenvalue weighted by Crippen LogP contribution is 2.22. The van der Waals surface area contributed by atoms with Crippen LogP contribution in [-0.2, 0) is 11.8 Å². The smallest absolute Gasteiger partial charge is 0.290 e. The standard InChI is InChI=1S/C24H20N4O4/c1-28-24(31)20-10-6-5-9-19(20)22(27-28)23(30)26-25-21(29)15-32-18-13-11-17(12-14-18)16-7-3-2-4-8-16/h2-14H,15H2,1H3,(H,25,29)(H,26,30). The molecule has 0 unspecified atom stereocenters. The number of hydrogen-bond acceptors (Lipinski definition) is 5. The van der Waals surface area contributed by atoms with Gasteiger partial charge in [-0.2, -0.15) is 5.10 Å². The number of rotatable bonds is 5. The topological polar surface area (TPSA) is 102 Å². The molecular formula is C24H20N4O4. The lowest BCUT2D eigenvalue weighted by atomic mass is 10.1. The Bertz CT molecular complexity index is 1330. The molecular weight excluding hydrogens is 408 g/mol. The Morgan fingerprint density at radius 1 is 0.844 bits per heavy atom. The number of carbonyl (C=O) groups is 2. The fourth-order valence-electron chi connectivity index (χ4n) is 3.21. The van der Waals surface area contributed by atoms with E-state index in [2.05, 4.69) is 16.0 Å². The average molecular weight is 428 g/mol. The first-order valence-electron chi connectivity index (χ1n) is 9.86. The number of ether oxygens (including phenoxy) is 1. The normalized spacial score (nSPS) is 10.5. The molecule has 1 heterocycles. The van der Waals surface area contributed by atoms with Crippen LogP contribution in [0.15, 0.2) is 83.7 Å². The van der Waals surface area contributed by atoms with Gasteiger partial charge in [0.25, 0.3) is 17.4 Å². The van der Waals surface area contributed by atoms with Gasteiger partial charge in [0.05, 0.1) is 5.39 Å². The molecule has 0 saturated carbocycles. The molecule has 0 saturated heterocycles. The maximum atomic E-state index is 12.5. The second kappa shape index (κ2) is 9.13. The minimum atomic E-state index is -0.641. The molecule has 1 aromatic heterocycles. The number of hydrazine groups is 1. The van der Waals surface area contributed by atoms with Crippen LogP contribution in [0, 0.1) is 0 Å². The van der Waals surface area contributed by atoms with Crippen LogP contribution in [0.3, 0.4) is 0 Å². The van der Waals surface area contributed by atoms with Crippen LogP contribution in [0.4, 0.5) is 0 Å². The van der Waals surface area contributed by atoms with Crippen LogP contribution in [0.2, 0.25) is 0 Å². The monoisotopic (exact) mass is 428 g/mol. The van der Waals surface area contributed by atoms with Crippen molar-refractivity contribution in [1.82, 2.24) is 20.6 Å². The molecule has 0 bridgehead atoms. The maximum Gasteiger partial charge on any atom is 0.290 e. The summed E-state index contributed by atoms with van der Waals surface area (Å²) in [7, 11) is 1.46. The third-order valence-electron chi connectivity index (χ3n) is 4.82. The molecule has 2 amide bonds. The minimum absolute atomic E-state index is 0.0282. The van der Waals surface area contributed by atoms with Crippen molar-refractivity contribution < 1.29 is 14.3 Å². The lowest BCUT2D eigenvalue weighted by molar-refractivity contribution is -0.123. The summed E-state index contributed by atoms with van der Waals surface area (Å²) in [5.41, 5.74) is 6.44. The van der Waals surface area contributed by atoms with E-state index < -0.39 is 11.8 Å². The van der Waals surface area contributed by atoms with Crippen LogP contribution in [-0.4, -0.2) is 28.2 Å². The largest absolute Gasteiger partial charge is 0.484 e. The molecule has 2 N–H and O–H groups in total. The first-order valence-corrected chi connectivity index (χ1v) is 9.86. The number of hydrogen-bond donors (Lipinski definition) is 2. The fraction of sp³-hybridized carbons (Fsp3) is 0.0833. The van der Waals surface area contributed by atoms with Gasteiger partial charge in [-0.05, 0) is 29.3 Å². The first kappa shape index (κ1) is 20.8. The van der Waals surface area contributed by atoms with Gasteiger partial charge < -0.3 is 4.74 Å². The first-order chi connectivity index (χ1) is 15.5. The van der Waals surface area contributed by atoms with Gasteiger partial charge in [0.15, 0.2) is 12.3 Å². The van der Waals surface area contributed by atoms with E-state index in [1.807, 2.05) is 42.5 Å². The van der Waals surface area contributed by atoms with Crippen molar-refractivity contribution in [2.24, 2.45) is 7.05 Å². The zero-order valence-corrected chi connectivity index (χ0v) is 17.2. The van der Waals surface area contributed by atoms with Crippen molar-refractivity contribution in [3.8, 4) is 16.9 Å². The lowest BCUT2D eigenvalue weighted by Crippen LogP contribution is -2.44. The van der Waals surface area contributed by atoms with Gasteiger partial charge in [0.2, 0.25) is 0 Å². The Kier molecular flexibility index (Phi) is 5.94. The average Bonchev–Trinajstić information content (AvgIpc) is 2.84. The minimum Gasteiger partial charge on any atom is -0.484 e. The Hall–Kier alpha value is -4.46. The summed E-state index contributed by atoms with van der Waals surface area (Å²) in [5.74, 6) is -0.658. The van der Waals surface area contributed by atoms with E-state index in [1.54, 1.807) is 36.4 Å². The quantitative estimate of drug-likeness (QED) is 0.476. The molecule has 0 aliphatic heterocycles. The number of carbonyl (C=O) groups excluding carboxylic acids is 2. The summed E-state index contributed by atoms with van der Waals surface area (Å²) in [6.07, 6.45) is 0. The predicted molar refractivity (Wildman–Crippen MR) is 120 cm³/mol. The molecule has 32 heavy (non-hydrogen) atoms. The lowest BCUT2D eigenvalue weighted by Gasteiger charge is -2.11. The molecule has 160 valence electrons. The molecule has 0 aliphatic carbocycles. The van der Waals surface area contributed by atoms with E-state index in [1.165, 1.54) is 7.05 Å².